The predicted octanol–water partition coefficient (Wildman–Crippen LogP) is 4.20. The van der Waals surface area contributed by atoms with Gasteiger partial charge in [-0.05, 0) is 36.9 Å². The van der Waals surface area contributed by atoms with E-state index >= 15 is 0 Å². The summed E-state index contributed by atoms with van der Waals surface area (Å²) in [4.78, 5) is 9.54. The van der Waals surface area contributed by atoms with Crippen molar-refractivity contribution in [1.29, 1.82) is 0 Å². The third-order valence-electron chi connectivity index (χ3n) is 4.99. The molecule has 0 unspecified atom stereocenters. The number of benzene rings is 1. The van der Waals surface area contributed by atoms with Gasteiger partial charge in [0.1, 0.15) is 11.6 Å². The van der Waals surface area contributed by atoms with Crippen LogP contribution < -0.4 is 4.74 Å². The molecule has 2 rings (SSSR count). The van der Waals surface area contributed by atoms with Gasteiger partial charge in [-0.3, -0.25) is 0 Å². The van der Waals surface area contributed by atoms with Crippen molar-refractivity contribution in [3.05, 3.63) is 91.3 Å². The van der Waals surface area contributed by atoms with Crippen LogP contribution in [0.4, 0.5) is 0 Å². The van der Waals surface area contributed by atoms with E-state index in [0.29, 0.717) is 13.0 Å². The Morgan fingerprint density at radius 2 is 1.74 bits per heavy atom. The van der Waals surface area contributed by atoms with Crippen LogP contribution in [0.1, 0.15) is 18.9 Å². The molecule has 1 heterocycles. The summed E-state index contributed by atoms with van der Waals surface area (Å²) < 4.78 is 5.64. The third kappa shape index (κ3) is 8.79. The van der Waals surface area contributed by atoms with Crippen LogP contribution in [-0.2, 0) is 0 Å². The normalized spacial score (nSPS) is 15.9. The van der Waals surface area contributed by atoms with Gasteiger partial charge in [0.25, 0.3) is 0 Å². The second-order valence-corrected chi connectivity index (χ2v) is 7.15. The molecule has 0 saturated carbocycles. The quantitative estimate of drug-likeness (QED) is 0.312. The number of ether oxygens (including phenoxy) is 1. The Balaban J connectivity index is 2.15. The first-order chi connectivity index (χ1) is 15.2. The van der Waals surface area contributed by atoms with Crippen molar-refractivity contribution in [2.24, 2.45) is 4.99 Å². The van der Waals surface area contributed by atoms with Crippen LogP contribution in [0.5, 0.6) is 5.75 Å². The Bertz CT molecular complexity index is 798. The fraction of sp³-hybridized carbons (Fsp3) is 0.346. The minimum absolute atomic E-state index is 0.129. The van der Waals surface area contributed by atoms with Gasteiger partial charge in [-0.2, -0.15) is 0 Å². The predicted molar refractivity (Wildman–Crippen MR) is 131 cm³/mol. The smallest absolute Gasteiger partial charge is 0.122 e. The van der Waals surface area contributed by atoms with Gasteiger partial charge in [-0.1, -0.05) is 56.5 Å². The average molecular weight is 422 g/mol. The van der Waals surface area contributed by atoms with Gasteiger partial charge in [-0.15, -0.1) is 0 Å². The maximum Gasteiger partial charge on any atom is 0.122 e. The number of aliphatic hydroxyl groups is 1. The molecule has 1 fully saturated rings. The fourth-order valence-electron chi connectivity index (χ4n) is 3.12. The lowest BCUT2D eigenvalue weighted by Crippen LogP contribution is -2.45. The third-order valence-corrected chi connectivity index (χ3v) is 4.99. The summed E-state index contributed by atoms with van der Waals surface area (Å²) in [6.07, 6.45) is 14.1. The highest BCUT2D eigenvalue weighted by molar-refractivity contribution is 6.09. The van der Waals surface area contributed by atoms with E-state index in [0.717, 1.165) is 55.6 Å². The first kappa shape index (κ1) is 24.4. The summed E-state index contributed by atoms with van der Waals surface area (Å²) in [5.41, 5.74) is 1.84. The molecule has 5 nitrogen and oxygen atoms in total. The molecule has 0 aliphatic carbocycles. The molecule has 0 aromatic heterocycles. The zero-order valence-electron chi connectivity index (χ0n) is 18.6. The van der Waals surface area contributed by atoms with Crippen LogP contribution in [0.25, 0.3) is 0 Å². The Morgan fingerprint density at radius 1 is 1.06 bits per heavy atom. The number of likely N-dealkylation sites (N-methyl/N-ethyl adjacent to an activating group) is 1. The number of allylic oxidation sites excluding steroid dienone is 7. The van der Waals surface area contributed by atoms with Crippen molar-refractivity contribution in [2.75, 3.05) is 45.9 Å². The first-order valence-corrected chi connectivity index (χ1v) is 10.9. The van der Waals surface area contributed by atoms with Crippen LogP contribution in [0.2, 0.25) is 0 Å². The number of aliphatic hydroxyl groups excluding tert-OH is 1. The van der Waals surface area contributed by atoms with Gasteiger partial charge in [0, 0.05) is 44.8 Å². The highest BCUT2D eigenvalue weighted by Crippen LogP contribution is 2.16. The van der Waals surface area contributed by atoms with Gasteiger partial charge in [0.2, 0.25) is 0 Å². The van der Waals surface area contributed by atoms with Crippen LogP contribution >= 0.6 is 0 Å². The van der Waals surface area contributed by atoms with E-state index < -0.39 is 0 Å². The van der Waals surface area contributed by atoms with E-state index in [1.165, 1.54) is 0 Å². The molecule has 1 aliphatic rings. The lowest BCUT2D eigenvalue weighted by molar-refractivity contribution is 0.165. The number of rotatable bonds is 12. The van der Waals surface area contributed by atoms with Crippen LogP contribution in [0.15, 0.2) is 90.8 Å². The largest absolute Gasteiger partial charge is 0.494 e. The second-order valence-electron chi connectivity index (χ2n) is 7.15. The summed E-state index contributed by atoms with van der Waals surface area (Å²) in [7, 11) is 0. The van der Waals surface area contributed by atoms with Gasteiger partial charge in [-0.25, -0.2) is 4.99 Å². The average Bonchev–Trinajstić information content (AvgIpc) is 2.81. The summed E-state index contributed by atoms with van der Waals surface area (Å²) >= 11 is 0. The molecule has 1 saturated heterocycles. The molecule has 166 valence electrons. The monoisotopic (exact) mass is 421 g/mol. The van der Waals surface area contributed by atoms with Crippen molar-refractivity contribution >= 4 is 5.71 Å². The maximum absolute atomic E-state index is 8.90. The number of hydrogen-bond donors (Lipinski definition) is 1. The van der Waals surface area contributed by atoms with Gasteiger partial charge in [0.15, 0.2) is 0 Å². The Morgan fingerprint density at radius 3 is 2.39 bits per heavy atom. The van der Waals surface area contributed by atoms with E-state index in [2.05, 4.69) is 29.9 Å². The van der Waals surface area contributed by atoms with Crippen LogP contribution in [0.3, 0.4) is 0 Å². The molecule has 0 atom stereocenters. The van der Waals surface area contributed by atoms with Gasteiger partial charge >= 0.3 is 0 Å². The molecular weight excluding hydrogens is 386 g/mol. The van der Waals surface area contributed by atoms with Gasteiger partial charge < -0.3 is 19.6 Å². The van der Waals surface area contributed by atoms with E-state index in [-0.39, 0.29) is 6.61 Å². The van der Waals surface area contributed by atoms with Crippen molar-refractivity contribution in [3.63, 3.8) is 0 Å². The van der Waals surface area contributed by atoms with Crippen molar-refractivity contribution in [3.8, 4) is 5.75 Å². The highest BCUT2D eigenvalue weighted by Gasteiger charge is 2.16. The topological polar surface area (TPSA) is 48.3 Å². The molecule has 0 spiro atoms. The SMILES string of the molecule is C=C\C=C/C=C\C=C/C(=N\C(=C)N1CCN(CC)CC1)c1ccc(OCCCO)cc1. The van der Waals surface area contributed by atoms with Crippen molar-refractivity contribution in [1.82, 2.24) is 9.80 Å². The molecule has 1 N–H and O–H groups in total. The molecular formula is C26H35N3O2. The number of hydrogen-bond acceptors (Lipinski definition) is 5. The Hall–Kier alpha value is -2.89. The zero-order chi connectivity index (χ0) is 22.3. The van der Waals surface area contributed by atoms with E-state index in [1.807, 2.05) is 60.7 Å². The van der Waals surface area contributed by atoms with E-state index in [1.54, 1.807) is 6.08 Å². The van der Waals surface area contributed by atoms with Crippen molar-refractivity contribution in [2.45, 2.75) is 13.3 Å². The van der Waals surface area contributed by atoms with Crippen molar-refractivity contribution < 1.29 is 9.84 Å². The maximum atomic E-state index is 8.90. The number of aliphatic imine (C=N–C) groups is 1. The first-order valence-electron chi connectivity index (χ1n) is 10.9. The lowest BCUT2D eigenvalue weighted by Gasteiger charge is -2.35. The molecule has 1 aromatic carbocycles. The lowest BCUT2D eigenvalue weighted by atomic mass is 10.1. The van der Waals surface area contributed by atoms with E-state index in [9.17, 15) is 0 Å². The second kappa shape index (κ2) is 14.2. The summed E-state index contributed by atoms with van der Waals surface area (Å²) in [5, 5.41) is 8.90. The molecule has 0 bridgehead atoms. The minimum atomic E-state index is 0.129. The van der Waals surface area contributed by atoms with Crippen LogP contribution in [-0.4, -0.2) is 66.6 Å². The summed E-state index contributed by atoms with van der Waals surface area (Å²) in [5.74, 6) is 1.57. The standard InChI is InChI=1S/C26H35N3O2/c1-4-6-7-8-9-10-12-26(24-13-15-25(16-14-24)31-22-11-21-30)27-23(3)29-19-17-28(5-2)18-20-29/h4,6-10,12-16,30H,1,3,5,11,17-22H2,2H3/b7-6-,9-8-,12-10-,27-26+. The molecule has 5 heteroatoms. The van der Waals surface area contributed by atoms with Crippen LogP contribution in [0, 0.1) is 0 Å². The number of nitrogens with zero attached hydrogens (tertiary/aromatic N) is 3. The highest BCUT2D eigenvalue weighted by atomic mass is 16.5. The van der Waals surface area contributed by atoms with Gasteiger partial charge in [0.05, 0.1) is 12.3 Å². The summed E-state index contributed by atoms with van der Waals surface area (Å²) in [6, 6.07) is 7.87. The number of piperazine rings is 1. The minimum Gasteiger partial charge on any atom is -0.494 e. The zero-order valence-corrected chi connectivity index (χ0v) is 18.6. The molecule has 1 aromatic rings. The Labute approximate surface area is 187 Å². The Kier molecular flexibility index (Phi) is 11.1. The van der Waals surface area contributed by atoms with E-state index in [4.69, 9.17) is 14.8 Å². The fourth-order valence-corrected chi connectivity index (χ4v) is 3.12. The molecule has 0 amide bonds. The molecule has 1 aliphatic heterocycles. The summed E-state index contributed by atoms with van der Waals surface area (Å²) in [6.45, 7) is 15.8. The molecule has 0 radical (unpaired) electrons. The molecule has 31 heavy (non-hydrogen) atoms.